The van der Waals surface area contributed by atoms with Gasteiger partial charge < -0.3 is 19.7 Å². The molecule has 1 heterocycles. The molecule has 0 radical (unpaired) electrons. The van der Waals surface area contributed by atoms with Crippen LogP contribution in [0.25, 0.3) is 0 Å². The van der Waals surface area contributed by atoms with Crippen LogP contribution in [-0.2, 0) is 16.1 Å². The molecular formula is C26H34N2O3. The fraction of sp³-hybridized carbons (Fsp3) is 0.500. The second kappa shape index (κ2) is 9.84. The highest BCUT2D eigenvalue weighted by atomic mass is 16.5. The summed E-state index contributed by atoms with van der Waals surface area (Å²) in [5, 5.41) is 3.74. The van der Waals surface area contributed by atoms with Crippen molar-refractivity contribution in [2.75, 3.05) is 33.4 Å². The summed E-state index contributed by atoms with van der Waals surface area (Å²) in [6.45, 7) is 7.80. The molecule has 0 spiro atoms. The summed E-state index contributed by atoms with van der Waals surface area (Å²) in [4.78, 5) is 15.4. The van der Waals surface area contributed by atoms with Crippen molar-refractivity contribution in [3.63, 3.8) is 0 Å². The van der Waals surface area contributed by atoms with E-state index in [1.165, 1.54) is 22.3 Å². The van der Waals surface area contributed by atoms with Gasteiger partial charge in [-0.1, -0.05) is 41.5 Å². The normalized spacial score (nSPS) is 23.7. The van der Waals surface area contributed by atoms with Gasteiger partial charge in [0.25, 0.3) is 0 Å². The van der Waals surface area contributed by atoms with E-state index in [9.17, 15) is 4.79 Å². The number of amides is 1. The highest BCUT2D eigenvalue weighted by molar-refractivity contribution is 5.80. The molecule has 31 heavy (non-hydrogen) atoms. The minimum absolute atomic E-state index is 0.00300. The maximum atomic E-state index is 13.4. The van der Waals surface area contributed by atoms with Crippen molar-refractivity contribution >= 4 is 5.91 Å². The van der Waals surface area contributed by atoms with E-state index in [1.54, 1.807) is 7.11 Å². The van der Waals surface area contributed by atoms with Crippen LogP contribution in [0.5, 0.6) is 5.75 Å². The molecule has 2 aromatic rings. The Morgan fingerprint density at radius 3 is 2.39 bits per heavy atom. The Labute approximate surface area is 185 Å². The van der Waals surface area contributed by atoms with E-state index in [1.807, 2.05) is 17.0 Å². The number of nitrogens with zero attached hydrogens (tertiary/aromatic N) is 1. The number of aryl methyl sites for hydroxylation is 2. The van der Waals surface area contributed by atoms with Gasteiger partial charge in [-0.15, -0.1) is 0 Å². The predicted molar refractivity (Wildman–Crippen MR) is 122 cm³/mol. The monoisotopic (exact) mass is 422 g/mol. The third kappa shape index (κ3) is 5.28. The molecule has 1 amide bonds. The van der Waals surface area contributed by atoms with Crippen molar-refractivity contribution in [1.82, 2.24) is 10.2 Å². The van der Waals surface area contributed by atoms with Gasteiger partial charge in [0.2, 0.25) is 5.91 Å². The lowest BCUT2D eigenvalue weighted by Gasteiger charge is -2.31. The van der Waals surface area contributed by atoms with Crippen molar-refractivity contribution in [1.29, 1.82) is 0 Å². The smallest absolute Gasteiger partial charge is 0.226 e. The van der Waals surface area contributed by atoms with E-state index >= 15 is 0 Å². The first-order valence-electron chi connectivity index (χ1n) is 11.3. The van der Waals surface area contributed by atoms with E-state index in [0.717, 1.165) is 25.1 Å². The van der Waals surface area contributed by atoms with Crippen LogP contribution in [-0.4, -0.2) is 50.3 Å². The molecule has 1 aliphatic carbocycles. The van der Waals surface area contributed by atoms with Gasteiger partial charge in [-0.25, -0.2) is 0 Å². The zero-order chi connectivity index (χ0) is 21.8. The largest absolute Gasteiger partial charge is 0.497 e. The van der Waals surface area contributed by atoms with E-state index < -0.39 is 0 Å². The molecule has 3 atom stereocenters. The fourth-order valence-corrected chi connectivity index (χ4v) is 5.15. The molecule has 0 unspecified atom stereocenters. The summed E-state index contributed by atoms with van der Waals surface area (Å²) < 4.78 is 10.8. The minimum atomic E-state index is 0.00300. The molecule has 1 saturated carbocycles. The quantitative estimate of drug-likeness (QED) is 0.769. The minimum Gasteiger partial charge on any atom is -0.497 e. The van der Waals surface area contributed by atoms with Crippen LogP contribution >= 0.6 is 0 Å². The van der Waals surface area contributed by atoms with Gasteiger partial charge in [-0.2, -0.15) is 0 Å². The van der Waals surface area contributed by atoms with Crippen LogP contribution < -0.4 is 10.1 Å². The number of morpholine rings is 1. The van der Waals surface area contributed by atoms with E-state index in [2.05, 4.69) is 49.5 Å². The number of benzene rings is 2. The van der Waals surface area contributed by atoms with E-state index in [-0.39, 0.29) is 17.7 Å². The number of hydrogen-bond donors (Lipinski definition) is 1. The Bertz CT molecular complexity index is 870. The van der Waals surface area contributed by atoms with Gasteiger partial charge in [0.05, 0.1) is 20.3 Å². The Kier molecular flexibility index (Phi) is 6.93. The number of rotatable bonds is 6. The van der Waals surface area contributed by atoms with Crippen LogP contribution in [0.4, 0.5) is 0 Å². The Morgan fingerprint density at radius 1 is 1.06 bits per heavy atom. The maximum Gasteiger partial charge on any atom is 0.226 e. The first-order chi connectivity index (χ1) is 15.0. The molecule has 2 aliphatic rings. The fourth-order valence-electron chi connectivity index (χ4n) is 5.15. The second-order valence-electron chi connectivity index (χ2n) is 8.97. The van der Waals surface area contributed by atoms with Crippen LogP contribution in [0.2, 0.25) is 0 Å². The van der Waals surface area contributed by atoms with Crippen molar-refractivity contribution < 1.29 is 14.3 Å². The van der Waals surface area contributed by atoms with Crippen LogP contribution in [0.1, 0.15) is 41.0 Å². The van der Waals surface area contributed by atoms with Gasteiger partial charge in [-0.05, 0) is 55.9 Å². The summed E-state index contributed by atoms with van der Waals surface area (Å²) in [5.41, 5.74) is 5.11. The molecule has 0 aromatic heterocycles. The van der Waals surface area contributed by atoms with Crippen molar-refractivity contribution in [3.8, 4) is 5.75 Å². The van der Waals surface area contributed by atoms with Gasteiger partial charge in [0.1, 0.15) is 5.75 Å². The second-order valence-corrected chi connectivity index (χ2v) is 8.97. The number of hydrogen-bond acceptors (Lipinski definition) is 4. The Morgan fingerprint density at radius 2 is 1.74 bits per heavy atom. The Hall–Kier alpha value is -2.37. The average Bonchev–Trinajstić information content (AvgIpc) is 3.21. The van der Waals surface area contributed by atoms with Crippen LogP contribution in [0.3, 0.4) is 0 Å². The first-order valence-corrected chi connectivity index (χ1v) is 11.3. The lowest BCUT2D eigenvalue weighted by molar-refractivity contribution is -0.140. The van der Waals surface area contributed by atoms with Crippen molar-refractivity contribution in [2.24, 2.45) is 5.92 Å². The average molecular weight is 423 g/mol. The third-order valence-electron chi connectivity index (χ3n) is 6.62. The molecule has 5 nitrogen and oxygen atoms in total. The number of ether oxygens (including phenoxy) is 2. The Balaban J connectivity index is 1.49. The summed E-state index contributed by atoms with van der Waals surface area (Å²) in [6, 6.07) is 15.3. The summed E-state index contributed by atoms with van der Waals surface area (Å²) in [6.07, 6.45) is 1.84. The highest BCUT2D eigenvalue weighted by Crippen LogP contribution is 2.41. The molecule has 2 fully saturated rings. The van der Waals surface area contributed by atoms with Gasteiger partial charge in [-0.3, -0.25) is 4.79 Å². The summed E-state index contributed by atoms with van der Waals surface area (Å²) in [7, 11) is 1.68. The third-order valence-corrected chi connectivity index (χ3v) is 6.62. The van der Waals surface area contributed by atoms with Crippen molar-refractivity contribution in [2.45, 2.75) is 45.2 Å². The van der Waals surface area contributed by atoms with Gasteiger partial charge in [0.15, 0.2) is 0 Å². The number of methoxy groups -OCH3 is 1. The van der Waals surface area contributed by atoms with Crippen LogP contribution in [0, 0.1) is 19.8 Å². The summed E-state index contributed by atoms with van der Waals surface area (Å²) >= 11 is 0. The highest BCUT2D eigenvalue weighted by Gasteiger charge is 2.41. The molecule has 0 bridgehead atoms. The molecule has 2 aromatic carbocycles. The topological polar surface area (TPSA) is 50.8 Å². The molecular weight excluding hydrogens is 388 g/mol. The van der Waals surface area contributed by atoms with Crippen LogP contribution in [0.15, 0.2) is 42.5 Å². The predicted octanol–water partition coefficient (Wildman–Crippen LogP) is 3.82. The SMILES string of the molecule is COc1ccc([C@H]2C[C@H](NCc3cc(C)cc(C)c3)C[C@@H]2C(=O)N2CCOCC2)cc1. The maximum absolute atomic E-state index is 13.4. The standard InChI is InChI=1S/C26H34N2O3/c1-18-12-19(2)14-20(13-18)17-27-22-15-24(21-4-6-23(30-3)7-5-21)25(16-22)26(29)28-8-10-31-11-9-28/h4-7,12-14,22,24-25,27H,8-11,15-17H2,1-3H3/t22-,24+,25-/m0/s1. The van der Waals surface area contributed by atoms with Gasteiger partial charge >= 0.3 is 0 Å². The zero-order valence-corrected chi connectivity index (χ0v) is 18.9. The number of carbonyl (C=O) groups excluding carboxylic acids is 1. The number of carbonyl (C=O) groups is 1. The first kappa shape index (κ1) is 21.8. The van der Waals surface area contributed by atoms with Gasteiger partial charge in [0, 0.05) is 31.6 Å². The molecule has 166 valence electrons. The lowest BCUT2D eigenvalue weighted by Crippen LogP contribution is -2.44. The molecule has 5 heteroatoms. The lowest BCUT2D eigenvalue weighted by atomic mass is 9.88. The van der Waals surface area contributed by atoms with E-state index in [4.69, 9.17) is 9.47 Å². The zero-order valence-electron chi connectivity index (χ0n) is 18.9. The summed E-state index contributed by atoms with van der Waals surface area (Å²) in [5.74, 6) is 1.35. The van der Waals surface area contributed by atoms with E-state index in [0.29, 0.717) is 32.3 Å². The molecule has 1 N–H and O–H groups in total. The molecule has 4 rings (SSSR count). The van der Waals surface area contributed by atoms with Crippen molar-refractivity contribution in [3.05, 3.63) is 64.7 Å². The number of nitrogens with one attached hydrogen (secondary N) is 1. The molecule has 1 aliphatic heterocycles. The molecule has 1 saturated heterocycles.